The molecule has 0 fully saturated rings. The number of fused-ring (bicyclic) bond motifs is 1. The summed E-state index contributed by atoms with van der Waals surface area (Å²) in [5.74, 6) is 0.0229. The van der Waals surface area contributed by atoms with E-state index in [1.54, 1.807) is 12.0 Å². The number of carbonyl (C=O) groups is 1. The normalized spacial score (nSPS) is 15.6. The summed E-state index contributed by atoms with van der Waals surface area (Å²) in [4.78, 5) is 13.6. The van der Waals surface area contributed by atoms with Gasteiger partial charge in [0.15, 0.2) is 0 Å². The summed E-state index contributed by atoms with van der Waals surface area (Å²) >= 11 is 6.00. The van der Waals surface area contributed by atoms with Crippen molar-refractivity contribution in [2.24, 2.45) is 0 Å². The van der Waals surface area contributed by atoms with Crippen molar-refractivity contribution in [3.63, 3.8) is 0 Å². The predicted molar refractivity (Wildman–Crippen MR) is 73.4 cm³/mol. The topological polar surface area (TPSA) is 29.5 Å². The van der Waals surface area contributed by atoms with Crippen molar-refractivity contribution in [3.8, 4) is 0 Å². The van der Waals surface area contributed by atoms with Crippen molar-refractivity contribution in [1.82, 2.24) is 0 Å². The third-order valence-corrected chi connectivity index (χ3v) is 3.28. The largest absolute Gasteiger partial charge is 0.375 e. The van der Waals surface area contributed by atoms with Gasteiger partial charge in [0.2, 0.25) is 0 Å². The number of hydrogen-bond acceptors (Lipinski definition) is 2. The molecule has 0 N–H and O–H groups in total. The Labute approximate surface area is 113 Å². The molecule has 1 aliphatic heterocycles. The number of amides is 1. The van der Waals surface area contributed by atoms with Crippen molar-refractivity contribution in [2.75, 3.05) is 25.2 Å². The molecule has 1 amide bonds. The number of rotatable bonds is 4. The lowest BCUT2D eigenvalue weighted by molar-refractivity contribution is -0.122. The first-order valence-electron chi connectivity index (χ1n) is 6.17. The summed E-state index contributed by atoms with van der Waals surface area (Å²) in [6.07, 6.45) is 1.77. The summed E-state index contributed by atoms with van der Waals surface area (Å²) in [5.41, 5.74) is 3.48. The molecule has 0 aliphatic carbocycles. The highest BCUT2D eigenvalue weighted by molar-refractivity contribution is 6.20. The third-order valence-electron chi connectivity index (χ3n) is 3.13. The number of nitrogens with zero attached hydrogens (tertiary/aromatic N) is 1. The Hall–Kier alpha value is -1.06. The van der Waals surface area contributed by atoms with Crippen LogP contribution in [0.15, 0.2) is 18.2 Å². The van der Waals surface area contributed by atoms with Crippen molar-refractivity contribution >= 4 is 23.2 Å². The van der Waals surface area contributed by atoms with Gasteiger partial charge in [-0.2, -0.15) is 0 Å². The van der Waals surface area contributed by atoms with Crippen LogP contribution in [0.4, 0.5) is 5.69 Å². The van der Waals surface area contributed by atoms with Gasteiger partial charge < -0.3 is 9.64 Å². The van der Waals surface area contributed by atoms with E-state index in [1.807, 2.05) is 13.0 Å². The Balaban J connectivity index is 2.17. The molecular formula is C14H18ClNO2. The van der Waals surface area contributed by atoms with E-state index < -0.39 is 0 Å². The van der Waals surface area contributed by atoms with E-state index in [2.05, 4.69) is 12.1 Å². The molecule has 0 radical (unpaired) electrons. The maximum Gasteiger partial charge on any atom is 0.252 e. The van der Waals surface area contributed by atoms with Crippen LogP contribution in [-0.4, -0.2) is 31.5 Å². The molecule has 1 aliphatic rings. The number of alkyl halides is 1. The first kappa shape index (κ1) is 13.4. The van der Waals surface area contributed by atoms with E-state index >= 15 is 0 Å². The number of halogens is 1. The molecule has 4 heteroatoms. The van der Waals surface area contributed by atoms with E-state index in [0.29, 0.717) is 0 Å². The zero-order chi connectivity index (χ0) is 13.1. The van der Waals surface area contributed by atoms with Gasteiger partial charge in [-0.3, -0.25) is 4.79 Å². The number of anilines is 1. The molecular weight excluding hydrogens is 250 g/mol. The quantitative estimate of drug-likeness (QED) is 0.784. The molecule has 2 rings (SSSR count). The first-order chi connectivity index (χ1) is 8.61. The van der Waals surface area contributed by atoms with Crippen LogP contribution < -0.4 is 4.90 Å². The van der Waals surface area contributed by atoms with E-state index in [1.165, 1.54) is 11.1 Å². The van der Waals surface area contributed by atoms with E-state index in [0.717, 1.165) is 25.1 Å². The van der Waals surface area contributed by atoms with Gasteiger partial charge in [0.1, 0.15) is 6.61 Å². The average molecular weight is 268 g/mol. The predicted octanol–water partition coefficient (Wildman–Crippen LogP) is 2.39. The van der Waals surface area contributed by atoms with Gasteiger partial charge >= 0.3 is 0 Å². The van der Waals surface area contributed by atoms with Gasteiger partial charge in [0, 0.05) is 24.7 Å². The smallest absolute Gasteiger partial charge is 0.252 e. The van der Waals surface area contributed by atoms with E-state index in [9.17, 15) is 4.79 Å². The molecule has 1 unspecified atom stereocenters. The average Bonchev–Trinajstić information content (AvgIpc) is 2.71. The standard InChI is InChI=1S/C14H18ClNO2/c1-10(15)7-11-3-4-13-12(8-11)5-6-16(13)14(17)9-18-2/h3-4,8,10H,5-7,9H2,1-2H3. The van der Waals surface area contributed by atoms with Gasteiger partial charge in [0.05, 0.1) is 0 Å². The summed E-state index contributed by atoms with van der Waals surface area (Å²) in [6, 6.07) is 6.23. The summed E-state index contributed by atoms with van der Waals surface area (Å²) < 4.78 is 4.90. The molecule has 3 nitrogen and oxygen atoms in total. The van der Waals surface area contributed by atoms with Crippen LogP contribution in [0.2, 0.25) is 0 Å². The Morgan fingerprint density at radius 3 is 3.00 bits per heavy atom. The lowest BCUT2D eigenvalue weighted by Gasteiger charge is -2.17. The highest BCUT2D eigenvalue weighted by atomic mass is 35.5. The van der Waals surface area contributed by atoms with Gasteiger partial charge in [-0.15, -0.1) is 11.6 Å². The minimum atomic E-state index is 0.0229. The second-order valence-electron chi connectivity index (χ2n) is 4.68. The van der Waals surface area contributed by atoms with Crippen LogP contribution in [0, 0.1) is 0 Å². The molecule has 1 aromatic rings. The van der Waals surface area contributed by atoms with Crippen molar-refractivity contribution in [1.29, 1.82) is 0 Å². The summed E-state index contributed by atoms with van der Waals surface area (Å²) in [5, 5.41) is 0.135. The third kappa shape index (κ3) is 2.85. The summed E-state index contributed by atoms with van der Waals surface area (Å²) in [7, 11) is 1.54. The highest BCUT2D eigenvalue weighted by Gasteiger charge is 2.24. The number of carbonyl (C=O) groups excluding carboxylic acids is 1. The Morgan fingerprint density at radius 2 is 2.33 bits per heavy atom. The van der Waals surface area contributed by atoms with Crippen LogP contribution in [0.1, 0.15) is 18.1 Å². The van der Waals surface area contributed by atoms with Crippen LogP contribution in [0.5, 0.6) is 0 Å². The molecule has 0 saturated heterocycles. The maximum atomic E-state index is 11.9. The van der Waals surface area contributed by atoms with E-state index in [4.69, 9.17) is 16.3 Å². The monoisotopic (exact) mass is 267 g/mol. The Kier molecular flexibility index (Phi) is 4.25. The maximum absolute atomic E-state index is 11.9. The Morgan fingerprint density at radius 1 is 1.56 bits per heavy atom. The summed E-state index contributed by atoms with van der Waals surface area (Å²) in [6.45, 7) is 2.88. The molecule has 0 spiro atoms. The minimum Gasteiger partial charge on any atom is -0.375 e. The van der Waals surface area contributed by atoms with Crippen LogP contribution in [0.25, 0.3) is 0 Å². The fourth-order valence-electron chi connectivity index (χ4n) is 2.37. The molecule has 0 aromatic heterocycles. The molecule has 0 saturated carbocycles. The number of ether oxygens (including phenoxy) is 1. The van der Waals surface area contributed by atoms with Gasteiger partial charge in [-0.05, 0) is 37.0 Å². The van der Waals surface area contributed by atoms with Crippen molar-refractivity contribution < 1.29 is 9.53 Å². The minimum absolute atomic E-state index is 0.0229. The number of benzene rings is 1. The molecule has 98 valence electrons. The van der Waals surface area contributed by atoms with Crippen molar-refractivity contribution in [3.05, 3.63) is 29.3 Å². The SMILES string of the molecule is COCC(=O)N1CCc2cc(CC(C)Cl)ccc21. The zero-order valence-corrected chi connectivity index (χ0v) is 11.5. The number of methoxy groups -OCH3 is 1. The van der Waals surface area contributed by atoms with Crippen LogP contribution >= 0.6 is 11.6 Å². The molecule has 1 aromatic carbocycles. The highest BCUT2D eigenvalue weighted by Crippen LogP contribution is 2.29. The van der Waals surface area contributed by atoms with Gasteiger partial charge in [-0.25, -0.2) is 0 Å². The first-order valence-corrected chi connectivity index (χ1v) is 6.60. The lowest BCUT2D eigenvalue weighted by Crippen LogP contribution is -2.31. The van der Waals surface area contributed by atoms with Gasteiger partial charge in [0.25, 0.3) is 5.91 Å². The van der Waals surface area contributed by atoms with E-state index in [-0.39, 0.29) is 17.9 Å². The molecule has 0 bridgehead atoms. The molecule has 1 atom stereocenters. The fraction of sp³-hybridized carbons (Fsp3) is 0.500. The second kappa shape index (κ2) is 5.72. The van der Waals surface area contributed by atoms with Gasteiger partial charge in [-0.1, -0.05) is 12.1 Å². The Bertz CT molecular complexity index is 445. The van der Waals surface area contributed by atoms with Crippen LogP contribution in [-0.2, 0) is 22.4 Å². The lowest BCUT2D eigenvalue weighted by atomic mass is 10.0. The van der Waals surface area contributed by atoms with Crippen LogP contribution in [0.3, 0.4) is 0 Å². The zero-order valence-electron chi connectivity index (χ0n) is 10.8. The fourth-order valence-corrected chi connectivity index (χ4v) is 2.55. The second-order valence-corrected chi connectivity index (χ2v) is 5.42. The molecule has 18 heavy (non-hydrogen) atoms. The number of hydrogen-bond donors (Lipinski definition) is 0. The van der Waals surface area contributed by atoms with Crippen molar-refractivity contribution in [2.45, 2.75) is 25.1 Å². The molecule has 1 heterocycles.